The van der Waals surface area contributed by atoms with E-state index >= 15 is 0 Å². The zero-order valence-corrected chi connectivity index (χ0v) is 20.0. The molecule has 0 radical (unpaired) electrons. The van der Waals surface area contributed by atoms with E-state index in [0.29, 0.717) is 22.8 Å². The van der Waals surface area contributed by atoms with Gasteiger partial charge in [0.05, 0.1) is 12.8 Å². The van der Waals surface area contributed by atoms with Crippen LogP contribution in [0.1, 0.15) is 55.9 Å². The van der Waals surface area contributed by atoms with E-state index in [-0.39, 0.29) is 23.6 Å². The number of methoxy groups -OCH3 is 1. The SMILES string of the molecule is COc1ccc(C(C)(C)C)cc1NC(=O)COc1ccc2c3c(c(=O)oc2c1C)CCCC3. The lowest BCUT2D eigenvalue weighted by molar-refractivity contribution is -0.118. The van der Waals surface area contributed by atoms with Crippen LogP contribution in [-0.4, -0.2) is 19.6 Å². The third-order valence-corrected chi connectivity index (χ3v) is 6.29. The van der Waals surface area contributed by atoms with Crippen LogP contribution < -0.4 is 20.4 Å². The fourth-order valence-corrected chi connectivity index (χ4v) is 4.38. The Hall–Kier alpha value is -3.28. The molecule has 2 aromatic carbocycles. The molecule has 1 amide bonds. The summed E-state index contributed by atoms with van der Waals surface area (Å²) in [4.78, 5) is 25.2. The van der Waals surface area contributed by atoms with Gasteiger partial charge in [-0.25, -0.2) is 4.79 Å². The van der Waals surface area contributed by atoms with Crippen LogP contribution in [0.5, 0.6) is 11.5 Å². The molecule has 174 valence electrons. The molecule has 1 heterocycles. The fourth-order valence-electron chi connectivity index (χ4n) is 4.38. The molecule has 0 atom stereocenters. The van der Waals surface area contributed by atoms with E-state index in [1.165, 1.54) is 0 Å². The number of hydrogen-bond acceptors (Lipinski definition) is 5. The zero-order chi connectivity index (χ0) is 23.8. The summed E-state index contributed by atoms with van der Waals surface area (Å²) in [6.45, 7) is 8.01. The minimum atomic E-state index is -0.300. The van der Waals surface area contributed by atoms with Crippen molar-refractivity contribution in [2.24, 2.45) is 0 Å². The highest BCUT2D eigenvalue weighted by Gasteiger charge is 2.21. The summed E-state index contributed by atoms with van der Waals surface area (Å²) in [5, 5.41) is 3.85. The van der Waals surface area contributed by atoms with Gasteiger partial charge in [0.2, 0.25) is 0 Å². The van der Waals surface area contributed by atoms with E-state index in [1.54, 1.807) is 7.11 Å². The van der Waals surface area contributed by atoms with E-state index in [2.05, 4.69) is 26.1 Å². The molecule has 0 unspecified atom stereocenters. The monoisotopic (exact) mass is 449 g/mol. The van der Waals surface area contributed by atoms with Crippen molar-refractivity contribution in [3.63, 3.8) is 0 Å². The molecular weight excluding hydrogens is 418 g/mol. The van der Waals surface area contributed by atoms with Crippen molar-refractivity contribution in [1.82, 2.24) is 0 Å². The summed E-state index contributed by atoms with van der Waals surface area (Å²) in [6.07, 6.45) is 3.74. The molecule has 6 nitrogen and oxygen atoms in total. The Balaban J connectivity index is 1.54. The Labute approximate surface area is 193 Å². The van der Waals surface area contributed by atoms with Crippen molar-refractivity contribution in [2.75, 3.05) is 19.0 Å². The summed E-state index contributed by atoms with van der Waals surface area (Å²) in [5.74, 6) is 0.808. The highest BCUT2D eigenvalue weighted by Crippen LogP contribution is 2.33. The summed E-state index contributed by atoms with van der Waals surface area (Å²) >= 11 is 0. The summed E-state index contributed by atoms with van der Waals surface area (Å²) in [6, 6.07) is 9.55. The molecule has 3 aromatic rings. The van der Waals surface area contributed by atoms with Crippen molar-refractivity contribution in [2.45, 2.75) is 58.8 Å². The third kappa shape index (κ3) is 4.61. The molecule has 1 aromatic heterocycles. The van der Waals surface area contributed by atoms with E-state index in [1.807, 2.05) is 37.3 Å². The number of benzene rings is 2. The van der Waals surface area contributed by atoms with Crippen LogP contribution >= 0.6 is 0 Å². The highest BCUT2D eigenvalue weighted by atomic mass is 16.5. The van der Waals surface area contributed by atoms with Crippen LogP contribution in [0.25, 0.3) is 11.0 Å². The van der Waals surface area contributed by atoms with Crippen molar-refractivity contribution in [3.05, 3.63) is 63.0 Å². The Kier molecular flexibility index (Phi) is 6.19. The first-order valence-corrected chi connectivity index (χ1v) is 11.4. The highest BCUT2D eigenvalue weighted by molar-refractivity contribution is 5.93. The van der Waals surface area contributed by atoms with Gasteiger partial charge in [0.15, 0.2) is 6.61 Å². The van der Waals surface area contributed by atoms with Gasteiger partial charge in [-0.3, -0.25) is 4.79 Å². The predicted molar refractivity (Wildman–Crippen MR) is 130 cm³/mol. The normalized spacial score (nSPS) is 13.5. The average Bonchev–Trinajstić information content (AvgIpc) is 2.78. The first kappa shape index (κ1) is 22.9. The van der Waals surface area contributed by atoms with Crippen LogP contribution in [0.2, 0.25) is 0 Å². The smallest absolute Gasteiger partial charge is 0.339 e. The van der Waals surface area contributed by atoms with Gasteiger partial charge < -0.3 is 19.2 Å². The van der Waals surface area contributed by atoms with Crippen molar-refractivity contribution in [1.29, 1.82) is 0 Å². The predicted octanol–water partition coefficient (Wildman–Crippen LogP) is 5.30. The minimum absolute atomic E-state index is 0.0619. The van der Waals surface area contributed by atoms with Crippen molar-refractivity contribution in [3.8, 4) is 11.5 Å². The van der Waals surface area contributed by atoms with Gasteiger partial charge in [0, 0.05) is 16.5 Å². The van der Waals surface area contributed by atoms with Gasteiger partial charge in [-0.2, -0.15) is 0 Å². The lowest BCUT2D eigenvalue weighted by atomic mass is 9.87. The molecule has 0 aliphatic heterocycles. The van der Waals surface area contributed by atoms with Gasteiger partial charge in [-0.15, -0.1) is 0 Å². The lowest BCUT2D eigenvalue weighted by Crippen LogP contribution is -2.21. The van der Waals surface area contributed by atoms with Gasteiger partial charge in [0.1, 0.15) is 17.1 Å². The largest absolute Gasteiger partial charge is 0.495 e. The number of carbonyl (C=O) groups excluding carboxylic acids is 1. The van der Waals surface area contributed by atoms with Crippen LogP contribution in [0.3, 0.4) is 0 Å². The van der Waals surface area contributed by atoms with E-state index in [4.69, 9.17) is 13.9 Å². The Morgan fingerprint density at radius 1 is 1.06 bits per heavy atom. The molecule has 4 rings (SSSR count). The molecular formula is C27H31NO5. The number of hydrogen-bond donors (Lipinski definition) is 1. The van der Waals surface area contributed by atoms with Crippen molar-refractivity contribution >= 4 is 22.6 Å². The first-order chi connectivity index (χ1) is 15.7. The van der Waals surface area contributed by atoms with Gasteiger partial charge in [0.25, 0.3) is 5.91 Å². The van der Waals surface area contributed by atoms with Crippen molar-refractivity contribution < 1.29 is 18.7 Å². The zero-order valence-electron chi connectivity index (χ0n) is 20.0. The molecule has 0 saturated heterocycles. The van der Waals surface area contributed by atoms with Gasteiger partial charge in [-0.05, 0) is 73.4 Å². The maximum absolute atomic E-state index is 12.7. The van der Waals surface area contributed by atoms with Crippen LogP contribution in [0, 0.1) is 6.92 Å². The van der Waals surface area contributed by atoms with Gasteiger partial charge >= 0.3 is 5.63 Å². The standard InChI is InChI=1S/C27H31NO5/c1-16-22(13-11-19-18-8-6-7-9-20(18)26(30)33-25(16)19)32-15-24(29)28-21-14-17(27(2,3)4)10-12-23(21)31-5/h10-14H,6-9,15H2,1-5H3,(H,28,29). The second-order valence-corrected chi connectivity index (χ2v) is 9.62. The molecule has 0 saturated carbocycles. The number of rotatable bonds is 5. The third-order valence-electron chi connectivity index (χ3n) is 6.29. The van der Waals surface area contributed by atoms with Crippen LogP contribution in [-0.2, 0) is 23.1 Å². The summed E-state index contributed by atoms with van der Waals surface area (Å²) in [5.41, 5.74) is 4.51. The molecule has 1 aliphatic rings. The topological polar surface area (TPSA) is 77.8 Å². The molecule has 33 heavy (non-hydrogen) atoms. The lowest BCUT2D eigenvalue weighted by Gasteiger charge is -2.21. The Morgan fingerprint density at radius 3 is 2.45 bits per heavy atom. The number of ether oxygens (including phenoxy) is 2. The molecule has 0 fully saturated rings. The Bertz CT molecular complexity index is 1270. The minimum Gasteiger partial charge on any atom is -0.495 e. The number of fused-ring (bicyclic) bond motifs is 3. The van der Waals surface area contributed by atoms with E-state index < -0.39 is 0 Å². The average molecular weight is 450 g/mol. The fraction of sp³-hybridized carbons (Fsp3) is 0.407. The van der Waals surface area contributed by atoms with Crippen LogP contribution in [0.15, 0.2) is 39.5 Å². The number of carbonyl (C=O) groups is 1. The molecule has 1 N–H and O–H groups in total. The molecule has 1 aliphatic carbocycles. The summed E-state index contributed by atoms with van der Waals surface area (Å²) < 4.78 is 16.9. The second kappa shape index (κ2) is 8.93. The molecule has 0 bridgehead atoms. The molecule has 0 spiro atoms. The number of nitrogens with one attached hydrogen (secondary N) is 1. The quantitative estimate of drug-likeness (QED) is 0.535. The summed E-state index contributed by atoms with van der Waals surface area (Å²) in [7, 11) is 1.57. The van der Waals surface area contributed by atoms with E-state index in [9.17, 15) is 9.59 Å². The number of aryl methyl sites for hydroxylation is 2. The number of amides is 1. The first-order valence-electron chi connectivity index (χ1n) is 11.4. The van der Waals surface area contributed by atoms with E-state index in [0.717, 1.165) is 53.3 Å². The molecule has 6 heteroatoms. The maximum atomic E-state index is 12.7. The maximum Gasteiger partial charge on any atom is 0.339 e. The second-order valence-electron chi connectivity index (χ2n) is 9.62. The van der Waals surface area contributed by atoms with Gasteiger partial charge in [-0.1, -0.05) is 26.8 Å². The van der Waals surface area contributed by atoms with Crippen LogP contribution in [0.4, 0.5) is 5.69 Å². The Morgan fingerprint density at radius 2 is 1.76 bits per heavy atom. The number of anilines is 1.